The SMILES string of the molecule is c1ccc(-n2c3ccccc3c3ccc(-c4nc(-n5c6cc7ccccc7cc6c6c(-n7c8ccccc8c8ccccc87)cccc65)nc5ccccc45)cc32)cc1. The summed E-state index contributed by atoms with van der Waals surface area (Å²) in [5, 5.41) is 10.6. The molecule has 0 spiro atoms. The van der Waals surface area contributed by atoms with E-state index in [0.29, 0.717) is 5.95 Å². The lowest BCUT2D eigenvalue weighted by molar-refractivity contribution is 1.01. The number of hydrogen-bond donors (Lipinski definition) is 0. The molecule has 0 N–H and O–H groups in total. The number of para-hydroxylation sites is 5. The normalized spacial score (nSPS) is 12.1. The van der Waals surface area contributed by atoms with Crippen molar-refractivity contribution >= 4 is 87.1 Å². The van der Waals surface area contributed by atoms with Crippen LogP contribution in [-0.2, 0) is 0 Å². The van der Waals surface area contributed by atoms with Gasteiger partial charge in [0.15, 0.2) is 0 Å². The molecule has 4 heterocycles. The molecule has 274 valence electrons. The summed E-state index contributed by atoms with van der Waals surface area (Å²) in [7, 11) is 0. The smallest absolute Gasteiger partial charge is 0.235 e. The molecule has 13 rings (SSSR count). The molecule has 0 radical (unpaired) electrons. The minimum atomic E-state index is 0.636. The van der Waals surface area contributed by atoms with Gasteiger partial charge in [0.25, 0.3) is 0 Å². The van der Waals surface area contributed by atoms with Crippen LogP contribution >= 0.6 is 0 Å². The average Bonchev–Trinajstić information content (AvgIpc) is 3.93. The van der Waals surface area contributed by atoms with Crippen molar-refractivity contribution in [2.24, 2.45) is 0 Å². The van der Waals surface area contributed by atoms with E-state index in [2.05, 4.69) is 214 Å². The molecule has 4 aromatic heterocycles. The monoisotopic (exact) mass is 751 g/mol. The Morgan fingerprint density at radius 3 is 1.61 bits per heavy atom. The maximum absolute atomic E-state index is 5.59. The fourth-order valence-corrected chi connectivity index (χ4v) is 9.68. The zero-order chi connectivity index (χ0) is 38.6. The molecule has 9 aromatic carbocycles. The highest BCUT2D eigenvalue weighted by Crippen LogP contribution is 2.42. The molecule has 13 aromatic rings. The topological polar surface area (TPSA) is 40.6 Å². The van der Waals surface area contributed by atoms with Gasteiger partial charge in [-0.3, -0.25) is 4.57 Å². The van der Waals surface area contributed by atoms with Crippen LogP contribution in [0.5, 0.6) is 0 Å². The first-order valence-electron chi connectivity index (χ1n) is 20.1. The quantitative estimate of drug-likeness (QED) is 0.180. The van der Waals surface area contributed by atoms with Crippen LogP contribution in [0.15, 0.2) is 200 Å². The maximum Gasteiger partial charge on any atom is 0.235 e. The summed E-state index contributed by atoms with van der Waals surface area (Å²) in [4.78, 5) is 11.0. The Balaban J connectivity index is 1.13. The zero-order valence-electron chi connectivity index (χ0n) is 31.8. The minimum absolute atomic E-state index is 0.636. The lowest BCUT2D eigenvalue weighted by Gasteiger charge is -2.13. The number of fused-ring (bicyclic) bond motifs is 11. The second-order valence-corrected chi connectivity index (χ2v) is 15.4. The van der Waals surface area contributed by atoms with E-state index in [9.17, 15) is 0 Å². The van der Waals surface area contributed by atoms with Crippen molar-refractivity contribution in [1.29, 1.82) is 0 Å². The van der Waals surface area contributed by atoms with Gasteiger partial charge in [-0.05, 0) is 77.5 Å². The summed E-state index contributed by atoms with van der Waals surface area (Å²) < 4.78 is 7.08. The van der Waals surface area contributed by atoms with Gasteiger partial charge in [0, 0.05) is 49.0 Å². The van der Waals surface area contributed by atoms with Gasteiger partial charge in [0.1, 0.15) is 0 Å². The van der Waals surface area contributed by atoms with E-state index in [1.165, 1.54) is 48.9 Å². The number of hydrogen-bond acceptors (Lipinski definition) is 2. The Morgan fingerprint density at radius 2 is 0.881 bits per heavy atom. The van der Waals surface area contributed by atoms with E-state index < -0.39 is 0 Å². The predicted octanol–water partition coefficient (Wildman–Crippen LogP) is 13.7. The molecule has 0 amide bonds. The molecule has 0 bridgehead atoms. The fraction of sp³-hybridized carbons (Fsp3) is 0. The van der Waals surface area contributed by atoms with Gasteiger partial charge in [-0.25, -0.2) is 9.97 Å². The molecule has 0 saturated heterocycles. The highest BCUT2D eigenvalue weighted by molar-refractivity contribution is 6.19. The summed E-state index contributed by atoms with van der Waals surface area (Å²) in [5.41, 5.74) is 11.9. The van der Waals surface area contributed by atoms with Crippen molar-refractivity contribution in [1.82, 2.24) is 23.7 Å². The van der Waals surface area contributed by atoms with Crippen molar-refractivity contribution in [3.8, 4) is 28.6 Å². The van der Waals surface area contributed by atoms with Crippen molar-refractivity contribution < 1.29 is 0 Å². The lowest BCUT2D eigenvalue weighted by Crippen LogP contribution is -2.04. The van der Waals surface area contributed by atoms with Crippen molar-refractivity contribution in [3.63, 3.8) is 0 Å². The zero-order valence-corrected chi connectivity index (χ0v) is 31.8. The Kier molecular flexibility index (Phi) is 6.66. The van der Waals surface area contributed by atoms with E-state index in [-0.39, 0.29) is 0 Å². The van der Waals surface area contributed by atoms with Crippen LogP contribution in [0.2, 0.25) is 0 Å². The first-order valence-corrected chi connectivity index (χ1v) is 20.1. The lowest BCUT2D eigenvalue weighted by atomic mass is 10.0. The highest BCUT2D eigenvalue weighted by atomic mass is 15.2. The third kappa shape index (κ3) is 4.61. The number of aromatic nitrogens is 5. The summed E-state index contributed by atoms with van der Waals surface area (Å²) in [5.74, 6) is 0.636. The largest absolute Gasteiger partial charge is 0.309 e. The fourth-order valence-electron chi connectivity index (χ4n) is 9.68. The van der Waals surface area contributed by atoms with Gasteiger partial charge in [-0.15, -0.1) is 0 Å². The van der Waals surface area contributed by atoms with Gasteiger partial charge in [0.2, 0.25) is 5.95 Å². The first kappa shape index (κ1) is 32.1. The molecule has 0 aliphatic heterocycles. The van der Waals surface area contributed by atoms with E-state index in [0.717, 1.165) is 60.9 Å². The molecular formula is C54H33N5. The van der Waals surface area contributed by atoms with Gasteiger partial charge >= 0.3 is 0 Å². The van der Waals surface area contributed by atoms with E-state index in [1.54, 1.807) is 0 Å². The van der Waals surface area contributed by atoms with E-state index >= 15 is 0 Å². The Bertz CT molecular complexity index is 3800. The van der Waals surface area contributed by atoms with Crippen molar-refractivity contribution in [3.05, 3.63) is 200 Å². The molecule has 5 heteroatoms. The van der Waals surface area contributed by atoms with Crippen molar-refractivity contribution in [2.75, 3.05) is 0 Å². The molecule has 0 unspecified atom stereocenters. The highest BCUT2D eigenvalue weighted by Gasteiger charge is 2.23. The molecule has 0 aliphatic carbocycles. The summed E-state index contributed by atoms with van der Waals surface area (Å²) in [6.07, 6.45) is 0. The van der Waals surface area contributed by atoms with E-state index in [4.69, 9.17) is 9.97 Å². The summed E-state index contributed by atoms with van der Waals surface area (Å²) in [6, 6.07) is 71.9. The Labute approximate surface area is 338 Å². The van der Waals surface area contributed by atoms with Gasteiger partial charge in [-0.1, -0.05) is 133 Å². The van der Waals surface area contributed by atoms with Crippen LogP contribution in [0, 0.1) is 0 Å². The van der Waals surface area contributed by atoms with Gasteiger partial charge in [-0.2, -0.15) is 0 Å². The Morgan fingerprint density at radius 1 is 0.322 bits per heavy atom. The number of rotatable bonds is 4. The van der Waals surface area contributed by atoms with Crippen molar-refractivity contribution in [2.45, 2.75) is 0 Å². The molecule has 0 aliphatic rings. The van der Waals surface area contributed by atoms with Crippen LogP contribution in [0.1, 0.15) is 0 Å². The first-order chi connectivity index (χ1) is 29.3. The standard InChI is InChI=1S/C54H33N5/c1-2-17-37(18-3-1)57-45-24-11-7-21-40(45)41-30-29-36(33-50(41)57)53-42-22-6-10-23-44(42)55-54(56-53)59-49-28-14-27-48(52(49)43-31-34-15-4-5-16-35(34)32-51(43)59)58-46-25-12-8-19-38(46)39-20-9-13-26-47(39)58/h1-33H. The molecule has 5 nitrogen and oxygen atoms in total. The minimum Gasteiger partial charge on any atom is -0.309 e. The summed E-state index contributed by atoms with van der Waals surface area (Å²) >= 11 is 0. The number of nitrogens with zero attached hydrogens (tertiary/aromatic N) is 5. The predicted molar refractivity (Wildman–Crippen MR) is 245 cm³/mol. The van der Waals surface area contributed by atoms with Crippen LogP contribution in [0.4, 0.5) is 0 Å². The second kappa shape index (κ2) is 12.2. The summed E-state index contributed by atoms with van der Waals surface area (Å²) in [6.45, 7) is 0. The second-order valence-electron chi connectivity index (χ2n) is 15.4. The third-order valence-corrected chi connectivity index (χ3v) is 12.2. The van der Waals surface area contributed by atoms with Gasteiger partial charge < -0.3 is 9.13 Å². The molecule has 59 heavy (non-hydrogen) atoms. The van der Waals surface area contributed by atoms with Crippen LogP contribution in [-0.4, -0.2) is 23.7 Å². The molecule has 0 saturated carbocycles. The Hall–Kier alpha value is -8.02. The van der Waals surface area contributed by atoms with Gasteiger partial charge in [0.05, 0.1) is 50.0 Å². The molecule has 0 fully saturated rings. The third-order valence-electron chi connectivity index (χ3n) is 12.2. The van der Waals surface area contributed by atoms with E-state index in [1.807, 2.05) is 0 Å². The van der Waals surface area contributed by atoms with Crippen LogP contribution < -0.4 is 0 Å². The molecular weight excluding hydrogens is 719 g/mol. The molecule has 0 atom stereocenters. The number of benzene rings is 9. The maximum atomic E-state index is 5.59. The van der Waals surface area contributed by atoms with Crippen LogP contribution in [0.25, 0.3) is 116 Å². The van der Waals surface area contributed by atoms with Crippen LogP contribution in [0.3, 0.4) is 0 Å². The average molecular weight is 752 g/mol.